The van der Waals surface area contributed by atoms with Crippen LogP contribution in [-0.2, 0) is 0 Å². The fourth-order valence-corrected chi connectivity index (χ4v) is 1.59. The van der Waals surface area contributed by atoms with Crippen LogP contribution in [0.4, 0.5) is 13.2 Å². The van der Waals surface area contributed by atoms with E-state index < -0.39 is 12.1 Å². The number of ketones is 1. The first-order valence-electron chi connectivity index (χ1n) is 4.42. The second kappa shape index (κ2) is 5.03. The molecule has 0 fully saturated rings. The van der Waals surface area contributed by atoms with Crippen LogP contribution < -0.4 is 4.74 Å². The summed E-state index contributed by atoms with van der Waals surface area (Å²) < 4.78 is 40.6. The highest BCUT2D eigenvalue weighted by molar-refractivity contribution is 14.1. The molecule has 0 aliphatic carbocycles. The average molecular weight is 344 g/mol. The van der Waals surface area contributed by atoms with Crippen LogP contribution in [0.1, 0.15) is 23.7 Å². The van der Waals surface area contributed by atoms with Crippen molar-refractivity contribution < 1.29 is 22.7 Å². The maximum atomic E-state index is 12.1. The first-order valence-corrected chi connectivity index (χ1v) is 5.50. The zero-order chi connectivity index (χ0) is 12.3. The van der Waals surface area contributed by atoms with Crippen molar-refractivity contribution in [1.29, 1.82) is 0 Å². The van der Waals surface area contributed by atoms with Crippen molar-refractivity contribution in [2.75, 3.05) is 0 Å². The third-order valence-corrected chi connectivity index (χ3v) is 2.46. The first kappa shape index (κ1) is 13.3. The number of carbonyl (C=O) groups excluding carboxylic acids is 1. The lowest BCUT2D eigenvalue weighted by Crippen LogP contribution is -2.19. The van der Waals surface area contributed by atoms with Crippen molar-refractivity contribution in [3.63, 3.8) is 0 Å². The van der Waals surface area contributed by atoms with Gasteiger partial charge in [-0.2, -0.15) is 0 Å². The Balaban J connectivity index is 3.13. The molecule has 0 saturated carbocycles. The number of ether oxygens (including phenoxy) is 1. The molecule has 0 spiro atoms. The summed E-state index contributed by atoms with van der Waals surface area (Å²) in [7, 11) is 0. The second-order valence-electron chi connectivity index (χ2n) is 2.97. The van der Waals surface area contributed by atoms with Gasteiger partial charge in [-0.3, -0.25) is 4.79 Å². The Hall–Kier alpha value is -0.790. The molecule has 0 atom stereocenters. The lowest BCUT2D eigenvalue weighted by Gasteiger charge is -2.12. The van der Waals surface area contributed by atoms with E-state index in [1.54, 1.807) is 13.0 Å². The van der Waals surface area contributed by atoms with Crippen molar-refractivity contribution in [3.05, 3.63) is 27.3 Å². The van der Waals surface area contributed by atoms with Gasteiger partial charge in [0.25, 0.3) is 0 Å². The number of Topliss-reactive ketones (excluding diaryl/α,β-unsaturated/α-hetero) is 1. The lowest BCUT2D eigenvalue weighted by atomic mass is 10.1. The van der Waals surface area contributed by atoms with E-state index in [1.165, 1.54) is 12.1 Å². The molecule has 0 radical (unpaired) electrons. The molecule has 1 aromatic carbocycles. The van der Waals surface area contributed by atoms with Gasteiger partial charge < -0.3 is 4.74 Å². The summed E-state index contributed by atoms with van der Waals surface area (Å²) in [5.41, 5.74) is -0.0414. The minimum atomic E-state index is -4.78. The topological polar surface area (TPSA) is 26.3 Å². The highest BCUT2D eigenvalue weighted by Crippen LogP contribution is 2.28. The predicted molar refractivity (Wildman–Crippen MR) is 60.5 cm³/mol. The highest BCUT2D eigenvalue weighted by atomic mass is 127. The van der Waals surface area contributed by atoms with E-state index in [1.807, 2.05) is 22.6 Å². The molecule has 88 valence electrons. The van der Waals surface area contributed by atoms with E-state index in [2.05, 4.69) is 4.74 Å². The molecule has 0 aliphatic heterocycles. The summed E-state index contributed by atoms with van der Waals surface area (Å²) in [5.74, 6) is -0.818. The molecular weight excluding hydrogens is 336 g/mol. The van der Waals surface area contributed by atoms with Crippen LogP contribution >= 0.6 is 22.6 Å². The molecule has 0 aliphatic rings. The predicted octanol–water partition coefficient (Wildman–Crippen LogP) is 3.78. The molecule has 0 aromatic heterocycles. The van der Waals surface area contributed by atoms with Gasteiger partial charge in [0.1, 0.15) is 5.75 Å². The number of alkyl halides is 3. The first-order chi connectivity index (χ1) is 7.33. The molecule has 16 heavy (non-hydrogen) atoms. The Kier molecular flexibility index (Phi) is 4.17. The summed E-state index contributed by atoms with van der Waals surface area (Å²) in [5, 5.41) is 0. The van der Waals surface area contributed by atoms with Crippen molar-refractivity contribution in [3.8, 4) is 5.75 Å². The van der Waals surface area contributed by atoms with Crippen LogP contribution in [0.2, 0.25) is 0 Å². The van der Waals surface area contributed by atoms with Crippen molar-refractivity contribution in [2.45, 2.75) is 19.7 Å². The maximum Gasteiger partial charge on any atom is 0.573 e. The molecular formula is C10H8F3IO2. The van der Waals surface area contributed by atoms with Gasteiger partial charge in [0.2, 0.25) is 0 Å². The van der Waals surface area contributed by atoms with Gasteiger partial charge in [0.05, 0.1) is 5.56 Å². The fraction of sp³-hybridized carbons (Fsp3) is 0.300. The summed E-state index contributed by atoms with van der Waals surface area (Å²) in [6.45, 7) is 1.58. The van der Waals surface area contributed by atoms with E-state index in [4.69, 9.17) is 0 Å². The van der Waals surface area contributed by atoms with Crippen LogP contribution in [0.15, 0.2) is 18.2 Å². The number of carbonyl (C=O) groups is 1. The van der Waals surface area contributed by atoms with E-state index >= 15 is 0 Å². The molecule has 0 unspecified atom stereocenters. The van der Waals surface area contributed by atoms with Gasteiger partial charge in [-0.25, -0.2) is 0 Å². The molecule has 1 rings (SSSR count). The van der Waals surface area contributed by atoms with Gasteiger partial charge in [0.15, 0.2) is 5.78 Å². The van der Waals surface area contributed by atoms with Gasteiger partial charge in [-0.1, -0.05) is 6.92 Å². The number of hydrogen-bond acceptors (Lipinski definition) is 2. The molecule has 1 aromatic rings. The minimum absolute atomic E-state index is 0.0414. The Morgan fingerprint density at radius 3 is 2.56 bits per heavy atom. The summed E-state index contributed by atoms with van der Waals surface area (Å²) >= 11 is 1.85. The van der Waals surface area contributed by atoms with Crippen molar-refractivity contribution in [1.82, 2.24) is 0 Å². The number of hydrogen-bond donors (Lipinski definition) is 0. The normalized spacial score (nSPS) is 11.3. The fourth-order valence-electron chi connectivity index (χ4n) is 1.13. The Labute approximate surface area is 104 Å². The van der Waals surface area contributed by atoms with Crippen molar-refractivity contribution in [2.24, 2.45) is 0 Å². The number of benzene rings is 1. The summed E-state index contributed by atoms with van der Waals surface area (Å²) in [6, 6.07) is 4.10. The molecule has 0 bridgehead atoms. The standard InChI is InChI=1S/C10H8F3IO2/c1-2-8(15)7-4-3-6(14)5-9(7)16-10(11,12)13/h3-5H,2H2,1H3. The van der Waals surface area contributed by atoms with E-state index in [0.717, 1.165) is 0 Å². The largest absolute Gasteiger partial charge is 0.573 e. The van der Waals surface area contributed by atoms with Gasteiger partial charge in [0, 0.05) is 9.99 Å². The molecule has 0 N–H and O–H groups in total. The zero-order valence-electron chi connectivity index (χ0n) is 8.27. The van der Waals surface area contributed by atoms with Crippen LogP contribution in [0.25, 0.3) is 0 Å². The smallest absolute Gasteiger partial charge is 0.405 e. The Bertz CT molecular complexity index is 402. The Morgan fingerprint density at radius 2 is 2.06 bits per heavy atom. The van der Waals surface area contributed by atoms with E-state index in [-0.39, 0.29) is 17.8 Å². The molecule has 0 heterocycles. The van der Waals surface area contributed by atoms with Crippen LogP contribution in [0, 0.1) is 3.57 Å². The zero-order valence-corrected chi connectivity index (χ0v) is 10.4. The van der Waals surface area contributed by atoms with Crippen molar-refractivity contribution >= 4 is 28.4 Å². The monoisotopic (exact) mass is 344 g/mol. The van der Waals surface area contributed by atoms with Gasteiger partial charge in [-0.15, -0.1) is 13.2 Å². The highest BCUT2D eigenvalue weighted by Gasteiger charge is 2.32. The third kappa shape index (κ3) is 3.66. The second-order valence-corrected chi connectivity index (χ2v) is 4.21. The van der Waals surface area contributed by atoms with Crippen LogP contribution in [0.3, 0.4) is 0 Å². The van der Waals surface area contributed by atoms with Crippen LogP contribution in [-0.4, -0.2) is 12.1 Å². The molecule has 2 nitrogen and oxygen atoms in total. The summed E-state index contributed by atoms with van der Waals surface area (Å²) in [6.07, 6.45) is -4.65. The third-order valence-electron chi connectivity index (χ3n) is 1.79. The van der Waals surface area contributed by atoms with E-state index in [0.29, 0.717) is 3.57 Å². The lowest BCUT2D eigenvalue weighted by molar-refractivity contribution is -0.274. The maximum absolute atomic E-state index is 12.1. The van der Waals surface area contributed by atoms with E-state index in [9.17, 15) is 18.0 Å². The molecule has 0 amide bonds. The minimum Gasteiger partial charge on any atom is -0.405 e. The quantitative estimate of drug-likeness (QED) is 0.616. The van der Waals surface area contributed by atoms with Crippen LogP contribution in [0.5, 0.6) is 5.75 Å². The number of rotatable bonds is 3. The molecule has 6 heteroatoms. The number of halogens is 4. The Morgan fingerprint density at radius 1 is 1.44 bits per heavy atom. The SMILES string of the molecule is CCC(=O)c1ccc(I)cc1OC(F)(F)F. The van der Waals surface area contributed by atoms with Gasteiger partial charge in [-0.05, 0) is 40.8 Å². The van der Waals surface area contributed by atoms with Gasteiger partial charge >= 0.3 is 6.36 Å². The molecule has 0 saturated heterocycles. The summed E-state index contributed by atoms with van der Waals surface area (Å²) in [4.78, 5) is 11.4. The average Bonchev–Trinajstić information content (AvgIpc) is 2.14.